The van der Waals surface area contributed by atoms with Gasteiger partial charge in [0.25, 0.3) is 0 Å². The summed E-state index contributed by atoms with van der Waals surface area (Å²) in [4.78, 5) is 18.1. The molecule has 1 aromatic heterocycles. The van der Waals surface area contributed by atoms with Crippen molar-refractivity contribution in [2.24, 2.45) is 11.7 Å². The van der Waals surface area contributed by atoms with E-state index >= 15 is 0 Å². The second kappa shape index (κ2) is 7.59. The van der Waals surface area contributed by atoms with Crippen molar-refractivity contribution in [3.05, 3.63) is 52.6 Å². The zero-order chi connectivity index (χ0) is 16.9. The van der Waals surface area contributed by atoms with Gasteiger partial charge in [0.2, 0.25) is 0 Å². The fraction of sp³-hybridized carbons (Fsp3) is 0.444. The fourth-order valence-electron chi connectivity index (χ4n) is 3.17. The van der Waals surface area contributed by atoms with E-state index in [1.807, 2.05) is 12.1 Å². The molecule has 3 rings (SSSR count). The van der Waals surface area contributed by atoms with Gasteiger partial charge < -0.3 is 16.4 Å². The molecule has 24 heavy (non-hydrogen) atoms. The molecule has 1 aliphatic rings. The van der Waals surface area contributed by atoms with Crippen LogP contribution in [0.1, 0.15) is 18.4 Å². The molecular formula is C18H25N5O. The molecule has 6 heteroatoms. The minimum atomic E-state index is -0.356. The van der Waals surface area contributed by atoms with Crippen molar-refractivity contribution in [2.45, 2.75) is 19.3 Å². The summed E-state index contributed by atoms with van der Waals surface area (Å²) in [5, 5.41) is 0. The zero-order valence-corrected chi connectivity index (χ0v) is 13.9. The van der Waals surface area contributed by atoms with E-state index in [1.54, 1.807) is 12.3 Å². The Morgan fingerprint density at radius 1 is 1.12 bits per heavy atom. The molecule has 1 aromatic carbocycles. The number of likely N-dealkylation sites (tertiary alicyclic amines) is 1. The zero-order valence-electron chi connectivity index (χ0n) is 13.9. The molecule has 1 saturated heterocycles. The molecule has 0 radical (unpaired) electrons. The first-order valence-electron chi connectivity index (χ1n) is 8.52. The van der Waals surface area contributed by atoms with Crippen LogP contribution in [0, 0.1) is 5.92 Å². The largest absolute Gasteiger partial charge is 0.383 e. The molecule has 2 aromatic rings. The lowest BCUT2D eigenvalue weighted by atomic mass is 9.97. The Morgan fingerprint density at radius 3 is 2.46 bits per heavy atom. The summed E-state index contributed by atoms with van der Waals surface area (Å²) in [5.74, 6) is 0.943. The smallest absolute Gasteiger partial charge is 0.354 e. The minimum Gasteiger partial charge on any atom is -0.383 e. The summed E-state index contributed by atoms with van der Waals surface area (Å²) in [6.45, 7) is 4.17. The Balaban J connectivity index is 1.58. The van der Waals surface area contributed by atoms with Gasteiger partial charge >= 0.3 is 5.69 Å². The Morgan fingerprint density at radius 2 is 1.83 bits per heavy atom. The molecular weight excluding hydrogens is 302 g/mol. The van der Waals surface area contributed by atoms with Gasteiger partial charge in [-0.1, -0.05) is 12.1 Å². The fourth-order valence-corrected chi connectivity index (χ4v) is 3.17. The summed E-state index contributed by atoms with van der Waals surface area (Å²) in [6, 6.07) is 9.68. The van der Waals surface area contributed by atoms with Gasteiger partial charge in [0.1, 0.15) is 5.82 Å². The maximum Gasteiger partial charge on any atom is 0.354 e. The average Bonchev–Trinajstić information content (AvgIpc) is 2.61. The average molecular weight is 327 g/mol. The van der Waals surface area contributed by atoms with Crippen LogP contribution < -0.4 is 17.2 Å². The van der Waals surface area contributed by atoms with E-state index < -0.39 is 0 Å². The first kappa shape index (κ1) is 16.7. The van der Waals surface area contributed by atoms with Crippen LogP contribution in [-0.4, -0.2) is 40.6 Å². The number of anilines is 1. The van der Waals surface area contributed by atoms with E-state index in [-0.39, 0.29) is 11.5 Å². The summed E-state index contributed by atoms with van der Waals surface area (Å²) < 4.78 is 1.50. The van der Waals surface area contributed by atoms with E-state index in [0.717, 1.165) is 38.3 Å². The molecule has 0 aliphatic carbocycles. The maximum absolute atomic E-state index is 11.9. The molecule has 6 nitrogen and oxygen atoms in total. The van der Waals surface area contributed by atoms with Crippen LogP contribution in [0.3, 0.4) is 0 Å². The number of hydrogen-bond acceptors (Lipinski definition) is 5. The summed E-state index contributed by atoms with van der Waals surface area (Å²) >= 11 is 0. The van der Waals surface area contributed by atoms with Gasteiger partial charge in [-0.25, -0.2) is 4.79 Å². The molecule has 1 aliphatic heterocycles. The van der Waals surface area contributed by atoms with Crippen LogP contribution >= 0.6 is 0 Å². The third kappa shape index (κ3) is 4.01. The van der Waals surface area contributed by atoms with Gasteiger partial charge in [-0.15, -0.1) is 0 Å². The first-order chi connectivity index (χ1) is 11.7. The second-order valence-corrected chi connectivity index (χ2v) is 6.44. The minimum absolute atomic E-state index is 0.242. The van der Waals surface area contributed by atoms with E-state index in [9.17, 15) is 4.79 Å². The van der Waals surface area contributed by atoms with Crippen LogP contribution in [-0.2, 0) is 6.42 Å². The van der Waals surface area contributed by atoms with Gasteiger partial charge in [0.05, 0.1) is 5.69 Å². The van der Waals surface area contributed by atoms with Crippen molar-refractivity contribution in [2.75, 3.05) is 31.9 Å². The highest BCUT2D eigenvalue weighted by Gasteiger charge is 2.17. The topological polar surface area (TPSA) is 90.2 Å². The number of hydrogen-bond donors (Lipinski definition) is 2. The molecule has 128 valence electrons. The van der Waals surface area contributed by atoms with Crippen LogP contribution in [0.25, 0.3) is 5.69 Å². The SMILES string of the molecule is NCC1CCN(CCc2ccc(-n3ccc(N)nc3=O)cc2)CC1. The molecule has 1 fully saturated rings. The Kier molecular flexibility index (Phi) is 5.27. The van der Waals surface area contributed by atoms with Crippen molar-refractivity contribution < 1.29 is 0 Å². The molecule has 2 heterocycles. The van der Waals surface area contributed by atoms with Crippen LogP contribution in [0.2, 0.25) is 0 Å². The molecule has 4 N–H and O–H groups in total. The van der Waals surface area contributed by atoms with E-state index in [1.165, 1.54) is 23.0 Å². The normalized spacial score (nSPS) is 16.4. The Labute approximate surface area is 142 Å². The molecule has 0 unspecified atom stereocenters. The third-order valence-electron chi connectivity index (χ3n) is 4.80. The standard InChI is InChI=1S/C18H25N5O/c19-13-15-6-10-22(11-7-15)9-5-14-1-3-16(4-2-14)23-12-8-17(20)21-18(23)24/h1-4,8,12,15H,5-7,9-11,13,19H2,(H2,20,21,24). The predicted octanol–water partition coefficient (Wildman–Crippen LogP) is 1.03. The van der Waals surface area contributed by atoms with Gasteiger partial charge in [0.15, 0.2) is 0 Å². The van der Waals surface area contributed by atoms with Crippen LogP contribution in [0.4, 0.5) is 5.82 Å². The lowest BCUT2D eigenvalue weighted by Gasteiger charge is -2.31. The number of nitrogen functional groups attached to an aromatic ring is 1. The van der Waals surface area contributed by atoms with Gasteiger partial charge in [0, 0.05) is 12.7 Å². The maximum atomic E-state index is 11.9. The highest BCUT2D eigenvalue weighted by atomic mass is 16.1. The number of nitrogens with two attached hydrogens (primary N) is 2. The first-order valence-corrected chi connectivity index (χ1v) is 8.52. The second-order valence-electron chi connectivity index (χ2n) is 6.44. The van der Waals surface area contributed by atoms with Gasteiger partial charge in [-0.05, 0) is 68.6 Å². The molecule has 0 bridgehead atoms. The monoisotopic (exact) mass is 327 g/mol. The van der Waals surface area contributed by atoms with Crippen molar-refractivity contribution in [3.8, 4) is 5.69 Å². The highest BCUT2D eigenvalue weighted by molar-refractivity contribution is 5.36. The summed E-state index contributed by atoms with van der Waals surface area (Å²) in [6.07, 6.45) is 5.09. The van der Waals surface area contributed by atoms with E-state index in [2.05, 4.69) is 22.0 Å². The number of rotatable bonds is 5. The molecule has 0 spiro atoms. The lowest BCUT2D eigenvalue weighted by molar-refractivity contribution is 0.189. The molecule has 0 amide bonds. The van der Waals surface area contributed by atoms with Crippen molar-refractivity contribution in [1.29, 1.82) is 0 Å². The van der Waals surface area contributed by atoms with Crippen LogP contribution in [0.5, 0.6) is 0 Å². The number of aromatic nitrogens is 2. The molecule has 0 saturated carbocycles. The number of benzene rings is 1. The summed E-state index contributed by atoms with van der Waals surface area (Å²) in [7, 11) is 0. The quantitative estimate of drug-likeness (QED) is 0.856. The van der Waals surface area contributed by atoms with Crippen LogP contribution in [0.15, 0.2) is 41.3 Å². The Bertz CT molecular complexity index is 717. The summed E-state index contributed by atoms with van der Waals surface area (Å²) in [5.41, 5.74) is 13.0. The predicted molar refractivity (Wildman–Crippen MR) is 96.2 cm³/mol. The van der Waals surface area contributed by atoms with Gasteiger partial charge in [-0.3, -0.25) is 4.57 Å². The lowest BCUT2D eigenvalue weighted by Crippen LogP contribution is -2.37. The highest BCUT2D eigenvalue weighted by Crippen LogP contribution is 2.16. The van der Waals surface area contributed by atoms with E-state index in [0.29, 0.717) is 5.92 Å². The third-order valence-corrected chi connectivity index (χ3v) is 4.80. The number of piperidine rings is 1. The number of nitrogens with zero attached hydrogens (tertiary/aromatic N) is 3. The van der Waals surface area contributed by atoms with Crippen molar-refractivity contribution >= 4 is 5.82 Å². The molecule has 0 atom stereocenters. The van der Waals surface area contributed by atoms with Crippen molar-refractivity contribution in [1.82, 2.24) is 14.5 Å². The van der Waals surface area contributed by atoms with Gasteiger partial charge in [-0.2, -0.15) is 4.98 Å². The van der Waals surface area contributed by atoms with E-state index in [4.69, 9.17) is 11.5 Å². The Hall–Kier alpha value is -2.18. The van der Waals surface area contributed by atoms with Crippen molar-refractivity contribution in [3.63, 3.8) is 0 Å².